The minimum absolute atomic E-state index is 0.111. The van der Waals surface area contributed by atoms with Gasteiger partial charge in [0.1, 0.15) is 5.82 Å². The van der Waals surface area contributed by atoms with Crippen LogP contribution in [0, 0.1) is 5.82 Å². The highest BCUT2D eigenvalue weighted by molar-refractivity contribution is 8.82. The number of carbonyl (C=O) groups excluding carboxylic acids is 1. The van der Waals surface area contributed by atoms with Gasteiger partial charge in [-0.15, -0.1) is 0 Å². The van der Waals surface area contributed by atoms with E-state index < -0.39 is 0 Å². The second kappa shape index (κ2) is 5.94. The first-order chi connectivity index (χ1) is 10.5. The first kappa shape index (κ1) is 15.4. The van der Waals surface area contributed by atoms with E-state index in [-0.39, 0.29) is 11.6 Å². The molecule has 1 aliphatic carbocycles. The van der Waals surface area contributed by atoms with E-state index in [1.807, 2.05) is 38.1 Å². The van der Waals surface area contributed by atoms with Crippen molar-refractivity contribution in [2.75, 3.05) is 0 Å². The van der Waals surface area contributed by atoms with Crippen LogP contribution in [0.25, 0.3) is 4.91 Å². The molecule has 0 radical (unpaired) electrons. The van der Waals surface area contributed by atoms with E-state index >= 15 is 0 Å². The number of ketones is 1. The fourth-order valence-electron chi connectivity index (χ4n) is 2.52. The lowest BCUT2D eigenvalue weighted by molar-refractivity contribution is -0.112. The first-order valence-corrected chi connectivity index (χ1v) is 9.09. The molecule has 0 saturated carbocycles. The Morgan fingerprint density at radius 3 is 2.00 bits per heavy atom. The molecule has 112 valence electrons. The van der Waals surface area contributed by atoms with Crippen LogP contribution in [0.5, 0.6) is 0 Å². The summed E-state index contributed by atoms with van der Waals surface area (Å²) in [5, 5.41) is 0. The highest BCUT2D eigenvalue weighted by atomic mass is 33.1. The van der Waals surface area contributed by atoms with Crippen LogP contribution < -0.4 is 0 Å². The summed E-state index contributed by atoms with van der Waals surface area (Å²) in [6, 6.07) is 6.59. The Balaban J connectivity index is 2.06. The maximum absolute atomic E-state index is 13.1. The van der Waals surface area contributed by atoms with E-state index in [1.54, 1.807) is 21.6 Å². The quantitative estimate of drug-likeness (QED) is 0.617. The normalized spacial score (nSPS) is 18.8. The Labute approximate surface area is 137 Å². The number of rotatable bonds is 1. The van der Waals surface area contributed by atoms with Gasteiger partial charge in [0, 0.05) is 9.81 Å². The molecular weight excluding hydrogens is 315 g/mol. The molecule has 1 nitrogen and oxygen atoms in total. The highest BCUT2D eigenvalue weighted by Crippen LogP contribution is 2.55. The molecule has 0 unspecified atom stereocenters. The summed E-state index contributed by atoms with van der Waals surface area (Å²) in [5.74, 6) is -0.112. The van der Waals surface area contributed by atoms with Crippen LogP contribution in [-0.4, -0.2) is 5.78 Å². The van der Waals surface area contributed by atoms with E-state index in [4.69, 9.17) is 0 Å². The molecule has 1 aliphatic heterocycles. The SMILES string of the molecule is CC1=CC(=C2SSC(c3ccc(F)cc3)=C2C)C=C(C)C1=O. The standard InChI is InChI=1S/C18H15FOS2/c1-10-8-14(9-11(2)16(10)20)18-12(3)17(21-22-18)13-4-6-15(19)7-5-13/h4-9H,1-3H3. The topological polar surface area (TPSA) is 17.1 Å². The molecule has 0 amide bonds. The molecule has 0 bridgehead atoms. The lowest BCUT2D eigenvalue weighted by Gasteiger charge is -2.12. The molecule has 1 aromatic carbocycles. The minimum Gasteiger partial charge on any atom is -0.289 e. The minimum atomic E-state index is -0.223. The van der Waals surface area contributed by atoms with Gasteiger partial charge < -0.3 is 0 Å². The second-order valence-corrected chi connectivity index (χ2v) is 7.55. The van der Waals surface area contributed by atoms with Crippen LogP contribution in [0.15, 0.2) is 63.6 Å². The molecule has 22 heavy (non-hydrogen) atoms. The van der Waals surface area contributed by atoms with Crippen molar-refractivity contribution in [3.8, 4) is 0 Å². The first-order valence-electron chi connectivity index (χ1n) is 6.94. The van der Waals surface area contributed by atoms with E-state index in [0.717, 1.165) is 27.2 Å². The Hall–Kier alpha value is -1.52. The van der Waals surface area contributed by atoms with Crippen molar-refractivity contribution in [3.63, 3.8) is 0 Å². The molecule has 0 saturated heterocycles. The van der Waals surface area contributed by atoms with Gasteiger partial charge in [-0.3, -0.25) is 4.79 Å². The zero-order valence-corrected chi connectivity index (χ0v) is 14.2. The Morgan fingerprint density at radius 1 is 0.864 bits per heavy atom. The lowest BCUT2D eigenvalue weighted by Crippen LogP contribution is -2.06. The van der Waals surface area contributed by atoms with Crippen LogP contribution in [-0.2, 0) is 4.79 Å². The number of allylic oxidation sites excluding steroid dienone is 6. The maximum Gasteiger partial charge on any atom is 0.184 e. The van der Waals surface area contributed by atoms with Crippen molar-refractivity contribution in [1.29, 1.82) is 0 Å². The number of hydrogen-bond acceptors (Lipinski definition) is 3. The fraction of sp³-hybridized carbons (Fsp3) is 0.167. The van der Waals surface area contributed by atoms with Gasteiger partial charge in [0.15, 0.2) is 5.78 Å². The number of halogens is 1. The average Bonchev–Trinajstić information content (AvgIpc) is 2.87. The van der Waals surface area contributed by atoms with Crippen molar-refractivity contribution in [2.24, 2.45) is 0 Å². The Kier molecular flexibility index (Phi) is 4.15. The summed E-state index contributed by atoms with van der Waals surface area (Å²) in [5.41, 5.74) is 4.84. The van der Waals surface area contributed by atoms with Gasteiger partial charge in [0.25, 0.3) is 0 Å². The zero-order chi connectivity index (χ0) is 15.9. The number of Topliss-reactive ketones (excluding diaryl/α,β-unsaturated/α-hetero) is 1. The van der Waals surface area contributed by atoms with Gasteiger partial charge in [-0.05, 0) is 72.9 Å². The van der Waals surface area contributed by atoms with E-state index in [0.29, 0.717) is 0 Å². The van der Waals surface area contributed by atoms with Crippen molar-refractivity contribution < 1.29 is 9.18 Å². The van der Waals surface area contributed by atoms with Crippen molar-refractivity contribution in [2.45, 2.75) is 20.8 Å². The maximum atomic E-state index is 13.1. The molecule has 1 aromatic rings. The number of benzene rings is 1. The van der Waals surface area contributed by atoms with Crippen LogP contribution >= 0.6 is 21.6 Å². The molecule has 3 rings (SSSR count). The summed E-state index contributed by atoms with van der Waals surface area (Å²) in [7, 11) is 3.38. The van der Waals surface area contributed by atoms with Gasteiger partial charge in [0.05, 0.1) is 0 Å². The molecule has 4 heteroatoms. The smallest absolute Gasteiger partial charge is 0.184 e. The summed E-state index contributed by atoms with van der Waals surface area (Å²) in [4.78, 5) is 14.2. The summed E-state index contributed by atoms with van der Waals surface area (Å²) in [6.45, 7) is 5.79. The molecule has 0 spiro atoms. The molecule has 1 heterocycles. The summed E-state index contributed by atoms with van der Waals surface area (Å²) < 4.78 is 13.1. The third kappa shape index (κ3) is 2.73. The van der Waals surface area contributed by atoms with Gasteiger partial charge in [-0.1, -0.05) is 33.7 Å². The van der Waals surface area contributed by atoms with E-state index in [1.165, 1.54) is 22.6 Å². The predicted molar refractivity (Wildman–Crippen MR) is 93.7 cm³/mol. The summed E-state index contributed by atoms with van der Waals surface area (Å²) in [6.07, 6.45) is 3.91. The number of hydrogen-bond donors (Lipinski definition) is 0. The largest absolute Gasteiger partial charge is 0.289 e. The second-order valence-electron chi connectivity index (χ2n) is 5.40. The van der Waals surface area contributed by atoms with Crippen LogP contribution in [0.1, 0.15) is 26.3 Å². The lowest BCUT2D eigenvalue weighted by atomic mass is 9.94. The molecule has 0 atom stereocenters. The fourth-order valence-corrected chi connectivity index (χ4v) is 5.48. The Bertz CT molecular complexity index is 756. The van der Waals surface area contributed by atoms with Crippen molar-refractivity contribution in [3.05, 3.63) is 75.0 Å². The van der Waals surface area contributed by atoms with Gasteiger partial charge in [-0.2, -0.15) is 0 Å². The predicted octanol–water partition coefficient (Wildman–Crippen LogP) is 5.68. The number of carbonyl (C=O) groups is 1. The van der Waals surface area contributed by atoms with Crippen LogP contribution in [0.4, 0.5) is 4.39 Å². The van der Waals surface area contributed by atoms with Crippen molar-refractivity contribution >= 4 is 32.3 Å². The van der Waals surface area contributed by atoms with E-state index in [2.05, 4.69) is 6.92 Å². The summed E-state index contributed by atoms with van der Waals surface area (Å²) >= 11 is 0. The zero-order valence-electron chi connectivity index (χ0n) is 12.6. The molecule has 0 N–H and O–H groups in total. The van der Waals surface area contributed by atoms with Crippen molar-refractivity contribution in [1.82, 2.24) is 0 Å². The third-order valence-corrected chi connectivity index (χ3v) is 6.47. The molecular formula is C18H15FOS2. The molecule has 0 fully saturated rings. The van der Waals surface area contributed by atoms with Gasteiger partial charge in [0.2, 0.25) is 0 Å². The Morgan fingerprint density at radius 2 is 1.41 bits per heavy atom. The molecule has 0 aromatic heterocycles. The van der Waals surface area contributed by atoms with Gasteiger partial charge in [-0.25, -0.2) is 4.39 Å². The highest BCUT2D eigenvalue weighted by Gasteiger charge is 2.24. The van der Waals surface area contributed by atoms with Crippen LogP contribution in [0.2, 0.25) is 0 Å². The van der Waals surface area contributed by atoms with Gasteiger partial charge >= 0.3 is 0 Å². The van der Waals surface area contributed by atoms with E-state index in [9.17, 15) is 9.18 Å². The average molecular weight is 330 g/mol. The third-order valence-electron chi connectivity index (χ3n) is 3.72. The van der Waals surface area contributed by atoms with Crippen LogP contribution in [0.3, 0.4) is 0 Å². The molecule has 2 aliphatic rings. The monoisotopic (exact) mass is 330 g/mol.